The fraction of sp³-hybridized carbons (Fsp3) is 0. The van der Waals surface area contributed by atoms with Gasteiger partial charge in [0.15, 0.2) is 0 Å². The average Bonchev–Trinajstić information content (AvgIpc) is 3.29. The number of hydrogen-bond acceptors (Lipinski definition) is 2. The third-order valence-electron chi connectivity index (χ3n) is 6.69. The third-order valence-corrected chi connectivity index (χ3v) is 7.32. The van der Waals surface area contributed by atoms with Crippen molar-refractivity contribution >= 4 is 61.4 Å². The molecule has 0 aliphatic heterocycles. The molecular formula is C30H16Cl2N2O. The molecule has 0 N–H and O–H groups in total. The van der Waals surface area contributed by atoms with E-state index >= 15 is 0 Å². The Morgan fingerprint density at radius 2 is 1.26 bits per heavy atom. The van der Waals surface area contributed by atoms with E-state index in [1.165, 1.54) is 0 Å². The third kappa shape index (κ3) is 2.92. The van der Waals surface area contributed by atoms with E-state index in [9.17, 15) is 4.79 Å². The van der Waals surface area contributed by atoms with Crippen LogP contribution in [0, 0.1) is 0 Å². The van der Waals surface area contributed by atoms with Crippen molar-refractivity contribution in [1.29, 1.82) is 0 Å². The summed E-state index contributed by atoms with van der Waals surface area (Å²) < 4.78 is 1.73. The van der Waals surface area contributed by atoms with Gasteiger partial charge in [0, 0.05) is 37.2 Å². The van der Waals surface area contributed by atoms with Crippen molar-refractivity contribution < 1.29 is 0 Å². The molecule has 3 nitrogen and oxygen atoms in total. The zero-order chi connectivity index (χ0) is 23.7. The average molecular weight is 491 g/mol. The lowest BCUT2D eigenvalue weighted by atomic mass is 9.97. The minimum absolute atomic E-state index is 0.136. The standard InChI is InChI=1S/C30H16Cl2N2O/c31-23-13-11-20-26-21(12-14-24(32)27(23)26)30(35)34-25-16-19(17-7-3-1-4-8-17)15-22(28(25)33-29(20)34)18-9-5-2-6-10-18/h1-16H. The maximum absolute atomic E-state index is 13.9. The summed E-state index contributed by atoms with van der Waals surface area (Å²) in [6.07, 6.45) is 0. The number of rotatable bonds is 2. The molecule has 0 aliphatic rings. The predicted molar refractivity (Wildman–Crippen MR) is 146 cm³/mol. The van der Waals surface area contributed by atoms with Gasteiger partial charge in [-0.2, -0.15) is 0 Å². The van der Waals surface area contributed by atoms with Crippen LogP contribution in [-0.4, -0.2) is 9.38 Å². The Balaban J connectivity index is 1.72. The number of imidazole rings is 1. The Morgan fingerprint density at radius 3 is 1.94 bits per heavy atom. The molecule has 0 saturated heterocycles. The largest absolute Gasteiger partial charge is 0.268 e. The molecule has 35 heavy (non-hydrogen) atoms. The van der Waals surface area contributed by atoms with Crippen molar-refractivity contribution in [1.82, 2.24) is 9.38 Å². The van der Waals surface area contributed by atoms with E-state index in [0.29, 0.717) is 26.5 Å². The number of pyridine rings is 1. The van der Waals surface area contributed by atoms with Gasteiger partial charge in [-0.25, -0.2) is 4.98 Å². The van der Waals surface area contributed by atoms with Crippen LogP contribution in [0.25, 0.3) is 60.5 Å². The van der Waals surface area contributed by atoms with Gasteiger partial charge in [-0.05, 0) is 53.1 Å². The van der Waals surface area contributed by atoms with Gasteiger partial charge >= 0.3 is 0 Å². The monoisotopic (exact) mass is 490 g/mol. The van der Waals surface area contributed by atoms with Crippen molar-refractivity contribution in [2.75, 3.05) is 0 Å². The Labute approximate surface area is 210 Å². The van der Waals surface area contributed by atoms with Crippen LogP contribution >= 0.6 is 23.2 Å². The van der Waals surface area contributed by atoms with Gasteiger partial charge in [0.05, 0.1) is 11.0 Å². The lowest BCUT2D eigenvalue weighted by Crippen LogP contribution is -2.13. The van der Waals surface area contributed by atoms with Gasteiger partial charge in [-0.1, -0.05) is 83.9 Å². The van der Waals surface area contributed by atoms with Crippen LogP contribution in [0.4, 0.5) is 0 Å². The van der Waals surface area contributed by atoms with Gasteiger partial charge in [-0.15, -0.1) is 0 Å². The SMILES string of the molecule is O=c1c2ccc(Cl)c3c(Cl)ccc(c32)c2nc3c(-c4ccccc4)cc(-c4ccccc4)cc3n12. The molecule has 166 valence electrons. The summed E-state index contributed by atoms with van der Waals surface area (Å²) >= 11 is 13.0. The first-order valence-electron chi connectivity index (χ1n) is 11.2. The highest BCUT2D eigenvalue weighted by Gasteiger charge is 2.21. The first-order valence-corrected chi connectivity index (χ1v) is 12.0. The summed E-state index contributed by atoms with van der Waals surface area (Å²) in [6.45, 7) is 0. The summed E-state index contributed by atoms with van der Waals surface area (Å²) in [4.78, 5) is 19.0. The highest BCUT2D eigenvalue weighted by atomic mass is 35.5. The Morgan fingerprint density at radius 1 is 0.629 bits per heavy atom. The molecule has 2 heterocycles. The molecule has 0 fully saturated rings. The van der Waals surface area contributed by atoms with E-state index in [0.717, 1.165) is 44.1 Å². The van der Waals surface area contributed by atoms with E-state index in [1.807, 2.05) is 48.5 Å². The molecule has 0 amide bonds. The smallest absolute Gasteiger partial charge is 0.264 e. The molecule has 0 unspecified atom stereocenters. The van der Waals surface area contributed by atoms with Crippen molar-refractivity contribution in [3.8, 4) is 22.3 Å². The summed E-state index contributed by atoms with van der Waals surface area (Å²) in [5.74, 6) is 0. The minimum atomic E-state index is -0.136. The van der Waals surface area contributed by atoms with Gasteiger partial charge in [0.25, 0.3) is 5.56 Å². The quantitative estimate of drug-likeness (QED) is 0.244. The van der Waals surface area contributed by atoms with Crippen LogP contribution in [0.5, 0.6) is 0 Å². The maximum Gasteiger partial charge on any atom is 0.264 e. The van der Waals surface area contributed by atoms with E-state index in [4.69, 9.17) is 28.2 Å². The number of halogens is 2. The zero-order valence-corrected chi connectivity index (χ0v) is 19.8. The fourth-order valence-corrected chi connectivity index (χ4v) is 5.66. The highest BCUT2D eigenvalue weighted by molar-refractivity contribution is 6.44. The normalized spacial score (nSPS) is 11.8. The van der Waals surface area contributed by atoms with E-state index in [-0.39, 0.29) is 5.56 Å². The molecule has 0 spiro atoms. The summed E-state index contributed by atoms with van der Waals surface area (Å²) in [7, 11) is 0. The van der Waals surface area contributed by atoms with Crippen LogP contribution in [0.15, 0.2) is 102 Å². The summed E-state index contributed by atoms with van der Waals surface area (Å²) in [6, 6.07) is 31.8. The van der Waals surface area contributed by atoms with Crippen molar-refractivity contribution in [2.24, 2.45) is 0 Å². The van der Waals surface area contributed by atoms with Crippen LogP contribution in [0.3, 0.4) is 0 Å². The second kappa shape index (κ2) is 7.54. The van der Waals surface area contributed by atoms with Crippen molar-refractivity contribution in [3.63, 3.8) is 0 Å². The number of benzene rings is 5. The van der Waals surface area contributed by atoms with Crippen LogP contribution in [-0.2, 0) is 0 Å². The zero-order valence-electron chi connectivity index (χ0n) is 18.3. The number of aromatic nitrogens is 2. The van der Waals surface area contributed by atoms with E-state index in [1.54, 1.807) is 16.5 Å². The van der Waals surface area contributed by atoms with Crippen molar-refractivity contribution in [3.05, 3.63) is 117 Å². The second-order valence-electron chi connectivity index (χ2n) is 8.64. The Hall–Kier alpha value is -3.92. The molecule has 0 bridgehead atoms. The highest BCUT2D eigenvalue weighted by Crippen LogP contribution is 2.39. The topological polar surface area (TPSA) is 34.4 Å². The number of hydrogen-bond donors (Lipinski definition) is 0. The van der Waals surface area contributed by atoms with Crippen LogP contribution < -0.4 is 5.56 Å². The van der Waals surface area contributed by atoms with Gasteiger partial charge in [0.1, 0.15) is 5.65 Å². The number of fused-ring (bicyclic) bond motifs is 4. The first kappa shape index (κ1) is 20.5. The lowest BCUT2D eigenvalue weighted by Gasteiger charge is -2.10. The molecule has 7 rings (SSSR count). The van der Waals surface area contributed by atoms with Crippen LogP contribution in [0.2, 0.25) is 10.0 Å². The minimum Gasteiger partial charge on any atom is -0.268 e. The van der Waals surface area contributed by atoms with E-state index in [2.05, 4.69) is 36.4 Å². The molecule has 2 aromatic heterocycles. The predicted octanol–water partition coefficient (Wildman–Crippen LogP) is 8.23. The Kier molecular flexibility index (Phi) is 4.41. The lowest BCUT2D eigenvalue weighted by molar-refractivity contribution is 1.19. The molecule has 0 saturated carbocycles. The second-order valence-corrected chi connectivity index (χ2v) is 9.45. The summed E-state index contributed by atoms with van der Waals surface area (Å²) in [5, 5.41) is 3.89. The molecular weight excluding hydrogens is 475 g/mol. The first-order chi connectivity index (χ1) is 17.1. The number of nitrogens with zero attached hydrogens (tertiary/aromatic N) is 2. The molecule has 0 radical (unpaired) electrons. The molecule has 7 aromatic rings. The Bertz CT molecular complexity index is 1970. The summed E-state index contributed by atoms with van der Waals surface area (Å²) in [5.41, 5.74) is 6.13. The molecule has 5 aromatic carbocycles. The maximum atomic E-state index is 13.9. The van der Waals surface area contributed by atoms with Gasteiger partial charge in [-0.3, -0.25) is 9.20 Å². The molecule has 0 aliphatic carbocycles. The van der Waals surface area contributed by atoms with Crippen LogP contribution in [0.1, 0.15) is 0 Å². The van der Waals surface area contributed by atoms with Gasteiger partial charge < -0.3 is 0 Å². The molecule has 5 heteroatoms. The fourth-order valence-electron chi connectivity index (χ4n) is 5.10. The van der Waals surface area contributed by atoms with Gasteiger partial charge in [0.2, 0.25) is 0 Å². The molecule has 0 atom stereocenters. The van der Waals surface area contributed by atoms with E-state index < -0.39 is 0 Å². The van der Waals surface area contributed by atoms with Crippen molar-refractivity contribution in [2.45, 2.75) is 0 Å².